The molecule has 15 heavy (non-hydrogen) atoms. The number of nitrogens with zero attached hydrogens (tertiary/aromatic N) is 1. The first-order valence-electron chi connectivity index (χ1n) is 5.03. The molecule has 3 heteroatoms. The van der Waals surface area contributed by atoms with Gasteiger partial charge in [-0.25, -0.2) is 0 Å². The van der Waals surface area contributed by atoms with Gasteiger partial charge in [-0.2, -0.15) is 5.26 Å². The molecule has 0 radical (unpaired) electrons. The largest absolute Gasteiger partial charge is 0.393 e. The summed E-state index contributed by atoms with van der Waals surface area (Å²) in [5, 5.41) is 28.4. The van der Waals surface area contributed by atoms with E-state index in [1.807, 2.05) is 12.1 Å². The van der Waals surface area contributed by atoms with Crippen LogP contribution in [0.1, 0.15) is 29.7 Å². The molecule has 1 aliphatic carbocycles. The zero-order valence-corrected chi connectivity index (χ0v) is 8.51. The fourth-order valence-corrected chi connectivity index (χ4v) is 2.25. The lowest BCUT2D eigenvalue weighted by Gasteiger charge is -2.17. The average Bonchev–Trinajstić information content (AvgIpc) is 2.56. The Labute approximate surface area is 88.6 Å². The number of fused-ring (bicyclic) bond motifs is 1. The van der Waals surface area contributed by atoms with Crippen LogP contribution in [-0.4, -0.2) is 16.3 Å². The maximum atomic E-state index is 10.0. The van der Waals surface area contributed by atoms with Gasteiger partial charge in [0.05, 0.1) is 23.8 Å². The van der Waals surface area contributed by atoms with Gasteiger partial charge in [-0.1, -0.05) is 12.1 Å². The number of hydrogen-bond donors (Lipinski definition) is 2. The zero-order chi connectivity index (χ0) is 11.0. The summed E-state index contributed by atoms with van der Waals surface area (Å²) in [5.74, 6) is -0.186. The van der Waals surface area contributed by atoms with Crippen molar-refractivity contribution in [2.24, 2.45) is 5.92 Å². The molecular formula is C12H13NO2. The average molecular weight is 203 g/mol. The molecule has 0 aromatic heterocycles. The van der Waals surface area contributed by atoms with Gasteiger partial charge in [-0.3, -0.25) is 0 Å². The molecule has 0 saturated carbocycles. The van der Waals surface area contributed by atoms with E-state index in [-0.39, 0.29) is 5.92 Å². The minimum atomic E-state index is -0.712. The van der Waals surface area contributed by atoms with E-state index < -0.39 is 12.2 Å². The third kappa shape index (κ3) is 1.52. The molecule has 3 atom stereocenters. The van der Waals surface area contributed by atoms with E-state index in [9.17, 15) is 10.2 Å². The highest BCUT2D eigenvalue weighted by molar-refractivity contribution is 5.47. The molecule has 0 heterocycles. The van der Waals surface area contributed by atoms with Gasteiger partial charge >= 0.3 is 0 Å². The van der Waals surface area contributed by atoms with Crippen molar-refractivity contribution in [1.82, 2.24) is 0 Å². The smallest absolute Gasteiger partial charge is 0.0995 e. The Hall–Kier alpha value is -1.37. The number of nitriles is 1. The highest BCUT2D eigenvalue weighted by Crippen LogP contribution is 2.39. The van der Waals surface area contributed by atoms with Crippen LogP contribution >= 0.6 is 0 Å². The van der Waals surface area contributed by atoms with E-state index in [1.165, 1.54) is 0 Å². The van der Waals surface area contributed by atoms with Crippen LogP contribution in [0.3, 0.4) is 0 Å². The lowest BCUT2D eigenvalue weighted by atomic mass is 9.97. The summed E-state index contributed by atoms with van der Waals surface area (Å²) in [6.07, 6.45) is -0.626. The van der Waals surface area contributed by atoms with Gasteiger partial charge in [0.15, 0.2) is 0 Å². The van der Waals surface area contributed by atoms with Crippen molar-refractivity contribution in [3.05, 3.63) is 34.9 Å². The number of rotatable bonds is 1. The molecule has 3 nitrogen and oxygen atoms in total. The molecule has 2 rings (SSSR count). The van der Waals surface area contributed by atoms with Crippen LogP contribution < -0.4 is 0 Å². The third-order valence-corrected chi connectivity index (χ3v) is 3.09. The normalized spacial score (nSPS) is 25.7. The van der Waals surface area contributed by atoms with Crippen molar-refractivity contribution in [1.29, 1.82) is 5.26 Å². The van der Waals surface area contributed by atoms with Crippen LogP contribution in [0, 0.1) is 17.2 Å². The van der Waals surface area contributed by atoms with Crippen LogP contribution in [0.5, 0.6) is 0 Å². The highest BCUT2D eigenvalue weighted by Gasteiger charge is 2.35. The fourth-order valence-electron chi connectivity index (χ4n) is 2.25. The molecular weight excluding hydrogens is 190 g/mol. The molecule has 0 saturated heterocycles. The first-order chi connectivity index (χ1) is 7.15. The molecule has 0 bridgehead atoms. The molecule has 0 aliphatic heterocycles. The summed E-state index contributed by atoms with van der Waals surface area (Å²) in [7, 11) is 0. The summed E-state index contributed by atoms with van der Waals surface area (Å²) in [6.45, 7) is 1.67. The predicted octanol–water partition coefficient (Wildman–Crippen LogP) is 1.14. The minimum absolute atomic E-state index is 0.186. The molecule has 0 amide bonds. The van der Waals surface area contributed by atoms with E-state index in [0.717, 1.165) is 5.56 Å². The second kappa shape index (κ2) is 3.65. The quantitative estimate of drug-likeness (QED) is 0.719. The number of aliphatic hydroxyl groups excluding tert-OH is 2. The molecule has 0 spiro atoms. The van der Waals surface area contributed by atoms with Crippen LogP contribution in [0.4, 0.5) is 0 Å². The van der Waals surface area contributed by atoms with Crippen molar-refractivity contribution >= 4 is 0 Å². The monoisotopic (exact) mass is 203 g/mol. The van der Waals surface area contributed by atoms with Crippen molar-refractivity contribution in [2.75, 3.05) is 0 Å². The first-order valence-corrected chi connectivity index (χ1v) is 5.03. The summed E-state index contributed by atoms with van der Waals surface area (Å²) in [6, 6.07) is 7.50. The Kier molecular flexibility index (Phi) is 2.47. The van der Waals surface area contributed by atoms with Crippen LogP contribution in [0.25, 0.3) is 0 Å². The Bertz CT molecular complexity index is 420. The SMILES string of the molecule is CC(O)C1Cc2cccc(C#N)c2C1O. The van der Waals surface area contributed by atoms with Crippen molar-refractivity contribution < 1.29 is 10.2 Å². The minimum Gasteiger partial charge on any atom is -0.393 e. The van der Waals surface area contributed by atoms with Gasteiger partial charge in [-0.15, -0.1) is 0 Å². The predicted molar refractivity (Wildman–Crippen MR) is 55.0 cm³/mol. The summed E-state index contributed by atoms with van der Waals surface area (Å²) in [5.41, 5.74) is 2.20. The molecule has 1 aromatic rings. The van der Waals surface area contributed by atoms with Gasteiger partial charge in [-0.05, 0) is 25.0 Å². The maximum absolute atomic E-state index is 10.0. The second-order valence-electron chi connectivity index (χ2n) is 4.04. The number of aliphatic hydroxyl groups is 2. The summed E-state index contributed by atoms with van der Waals surface area (Å²) < 4.78 is 0. The lowest BCUT2D eigenvalue weighted by Crippen LogP contribution is -2.21. The summed E-state index contributed by atoms with van der Waals surface area (Å²) >= 11 is 0. The van der Waals surface area contributed by atoms with Gasteiger partial charge < -0.3 is 10.2 Å². The molecule has 3 unspecified atom stereocenters. The van der Waals surface area contributed by atoms with E-state index >= 15 is 0 Å². The Morgan fingerprint density at radius 1 is 1.53 bits per heavy atom. The lowest BCUT2D eigenvalue weighted by molar-refractivity contribution is 0.0324. The van der Waals surface area contributed by atoms with Gasteiger partial charge in [0, 0.05) is 11.5 Å². The maximum Gasteiger partial charge on any atom is 0.0995 e. The second-order valence-corrected chi connectivity index (χ2v) is 4.04. The summed E-state index contributed by atoms with van der Waals surface area (Å²) in [4.78, 5) is 0. The van der Waals surface area contributed by atoms with E-state index in [1.54, 1.807) is 13.0 Å². The van der Waals surface area contributed by atoms with Gasteiger partial charge in [0.25, 0.3) is 0 Å². The third-order valence-electron chi connectivity index (χ3n) is 3.09. The van der Waals surface area contributed by atoms with Gasteiger partial charge in [0.2, 0.25) is 0 Å². The Morgan fingerprint density at radius 3 is 2.87 bits per heavy atom. The van der Waals surface area contributed by atoms with E-state index in [4.69, 9.17) is 5.26 Å². The van der Waals surface area contributed by atoms with E-state index in [2.05, 4.69) is 6.07 Å². The Balaban J connectivity index is 2.46. The molecule has 1 aromatic carbocycles. The number of benzene rings is 1. The highest BCUT2D eigenvalue weighted by atomic mass is 16.3. The molecule has 78 valence electrons. The standard InChI is InChI=1S/C12H13NO2/c1-7(14)10-5-8-3-2-4-9(6-13)11(8)12(10)15/h2-4,7,10,12,14-15H,5H2,1H3. The molecule has 0 fully saturated rings. The van der Waals surface area contributed by atoms with Crippen molar-refractivity contribution in [2.45, 2.75) is 25.6 Å². The number of hydrogen-bond acceptors (Lipinski definition) is 3. The fraction of sp³-hybridized carbons (Fsp3) is 0.417. The van der Waals surface area contributed by atoms with Gasteiger partial charge in [0.1, 0.15) is 0 Å². The van der Waals surface area contributed by atoms with Crippen molar-refractivity contribution in [3.63, 3.8) is 0 Å². The van der Waals surface area contributed by atoms with Crippen molar-refractivity contribution in [3.8, 4) is 6.07 Å². The topological polar surface area (TPSA) is 64.2 Å². The Morgan fingerprint density at radius 2 is 2.27 bits per heavy atom. The molecule has 2 N–H and O–H groups in total. The molecule has 1 aliphatic rings. The van der Waals surface area contributed by atoms with Crippen LogP contribution in [-0.2, 0) is 6.42 Å². The van der Waals surface area contributed by atoms with Crippen LogP contribution in [0.2, 0.25) is 0 Å². The zero-order valence-electron chi connectivity index (χ0n) is 8.51. The first kappa shape index (κ1) is 10.2. The van der Waals surface area contributed by atoms with Crippen LogP contribution in [0.15, 0.2) is 18.2 Å². The van der Waals surface area contributed by atoms with E-state index in [0.29, 0.717) is 17.5 Å².